The Balaban J connectivity index is 1.53. The highest BCUT2D eigenvalue weighted by Crippen LogP contribution is 2.33. The lowest BCUT2D eigenvalue weighted by molar-refractivity contribution is 0.0659. The Labute approximate surface area is 173 Å². The minimum absolute atomic E-state index is 0.0374. The van der Waals surface area contributed by atoms with Gasteiger partial charge in [-0.2, -0.15) is 4.98 Å². The first kappa shape index (κ1) is 19.7. The quantitative estimate of drug-likeness (QED) is 0.621. The van der Waals surface area contributed by atoms with Gasteiger partial charge in [0.15, 0.2) is 5.82 Å². The molecule has 0 spiro atoms. The summed E-state index contributed by atoms with van der Waals surface area (Å²) in [5.41, 5.74) is 1.57. The zero-order valence-electron chi connectivity index (χ0n) is 16.4. The van der Waals surface area contributed by atoms with Gasteiger partial charge in [-0.3, -0.25) is 9.78 Å². The van der Waals surface area contributed by atoms with Crippen molar-refractivity contribution in [2.45, 2.75) is 26.2 Å². The number of hydrogen-bond acceptors (Lipinski definition) is 7. The fourth-order valence-corrected chi connectivity index (χ4v) is 4.52. The number of thiophene rings is 1. The van der Waals surface area contributed by atoms with Crippen LogP contribution in [-0.2, 0) is 4.74 Å². The van der Waals surface area contributed by atoms with Gasteiger partial charge in [-0.25, -0.2) is 4.98 Å². The SMILES string of the molecule is CCOCCC1CCN(C(=O)c2csc3c(O)nc(-c4ccccn4)nc23)CC1. The Kier molecular flexibility index (Phi) is 6.01. The van der Waals surface area contributed by atoms with Crippen molar-refractivity contribution in [3.63, 3.8) is 0 Å². The lowest BCUT2D eigenvalue weighted by atomic mass is 9.93. The average molecular weight is 413 g/mol. The van der Waals surface area contributed by atoms with Gasteiger partial charge in [-0.15, -0.1) is 11.3 Å². The number of aromatic nitrogens is 3. The van der Waals surface area contributed by atoms with E-state index in [4.69, 9.17) is 4.74 Å². The first-order valence-corrected chi connectivity index (χ1v) is 10.8. The van der Waals surface area contributed by atoms with Gasteiger partial charge in [-0.1, -0.05) is 6.07 Å². The number of likely N-dealkylation sites (tertiary alicyclic amines) is 1. The fraction of sp³-hybridized carbons (Fsp3) is 0.429. The molecule has 1 fully saturated rings. The summed E-state index contributed by atoms with van der Waals surface area (Å²) in [6.45, 7) is 5.01. The molecule has 152 valence electrons. The number of carbonyl (C=O) groups is 1. The van der Waals surface area contributed by atoms with Crippen molar-refractivity contribution in [2.75, 3.05) is 26.3 Å². The molecule has 0 saturated carbocycles. The van der Waals surface area contributed by atoms with Crippen LogP contribution in [-0.4, -0.2) is 57.2 Å². The first-order chi connectivity index (χ1) is 14.2. The van der Waals surface area contributed by atoms with E-state index in [0.29, 0.717) is 33.2 Å². The summed E-state index contributed by atoms with van der Waals surface area (Å²) in [7, 11) is 0. The molecule has 4 heterocycles. The standard InChI is InChI=1S/C21H24N4O3S/c1-2-28-12-8-14-6-10-25(11-7-14)21(27)15-13-29-18-17(15)23-19(24-20(18)26)16-5-3-4-9-22-16/h3-5,9,13-14H,2,6-8,10-12H2,1H3,(H,23,24,26). The van der Waals surface area contributed by atoms with Crippen molar-refractivity contribution in [1.29, 1.82) is 0 Å². The molecule has 0 atom stereocenters. The molecule has 0 aromatic carbocycles. The Bertz CT molecular complexity index is 984. The number of pyridine rings is 1. The van der Waals surface area contributed by atoms with Crippen molar-refractivity contribution in [1.82, 2.24) is 19.9 Å². The molecule has 7 nitrogen and oxygen atoms in total. The molecule has 1 aliphatic rings. The van der Waals surface area contributed by atoms with Crippen LogP contribution in [0.2, 0.25) is 0 Å². The molecule has 3 aromatic rings. The summed E-state index contributed by atoms with van der Waals surface area (Å²) >= 11 is 1.29. The molecule has 0 unspecified atom stereocenters. The van der Waals surface area contributed by atoms with Crippen LogP contribution in [0.1, 0.15) is 36.5 Å². The van der Waals surface area contributed by atoms with Crippen molar-refractivity contribution in [2.24, 2.45) is 5.92 Å². The molecule has 29 heavy (non-hydrogen) atoms. The van der Waals surface area contributed by atoms with Crippen LogP contribution in [0.3, 0.4) is 0 Å². The molecule has 0 bridgehead atoms. The molecule has 4 rings (SSSR count). The molecule has 1 saturated heterocycles. The van der Waals surface area contributed by atoms with Crippen LogP contribution < -0.4 is 0 Å². The van der Waals surface area contributed by atoms with E-state index in [2.05, 4.69) is 15.0 Å². The molecule has 1 amide bonds. The van der Waals surface area contributed by atoms with E-state index in [1.807, 2.05) is 17.9 Å². The fourth-order valence-electron chi connectivity index (χ4n) is 3.65. The summed E-state index contributed by atoms with van der Waals surface area (Å²) in [6, 6.07) is 5.42. The number of hydrogen-bond donors (Lipinski definition) is 1. The highest BCUT2D eigenvalue weighted by Gasteiger charge is 2.27. The smallest absolute Gasteiger partial charge is 0.256 e. The maximum Gasteiger partial charge on any atom is 0.256 e. The number of amides is 1. The van der Waals surface area contributed by atoms with Gasteiger partial charge in [0.25, 0.3) is 5.91 Å². The number of carbonyl (C=O) groups excluding carboxylic acids is 1. The number of fused-ring (bicyclic) bond motifs is 1. The average Bonchev–Trinajstić information content (AvgIpc) is 3.19. The van der Waals surface area contributed by atoms with E-state index < -0.39 is 0 Å². The first-order valence-electron chi connectivity index (χ1n) is 9.94. The van der Waals surface area contributed by atoms with Crippen LogP contribution in [0.5, 0.6) is 5.88 Å². The monoisotopic (exact) mass is 412 g/mol. The third kappa shape index (κ3) is 4.23. The van der Waals surface area contributed by atoms with Crippen LogP contribution in [0.25, 0.3) is 21.7 Å². The highest BCUT2D eigenvalue weighted by molar-refractivity contribution is 7.17. The number of aromatic hydroxyl groups is 1. The Morgan fingerprint density at radius 1 is 1.31 bits per heavy atom. The maximum atomic E-state index is 13.2. The summed E-state index contributed by atoms with van der Waals surface area (Å²) in [6.07, 6.45) is 4.67. The molecular formula is C21H24N4O3S. The van der Waals surface area contributed by atoms with E-state index >= 15 is 0 Å². The van der Waals surface area contributed by atoms with Crippen molar-refractivity contribution in [3.05, 3.63) is 35.3 Å². The van der Waals surface area contributed by atoms with Gasteiger partial charge in [0.05, 0.1) is 5.56 Å². The highest BCUT2D eigenvalue weighted by atomic mass is 32.1. The largest absolute Gasteiger partial charge is 0.492 e. The Morgan fingerprint density at radius 3 is 2.86 bits per heavy atom. The minimum atomic E-state index is -0.116. The second-order valence-corrected chi connectivity index (χ2v) is 8.01. The van der Waals surface area contributed by atoms with E-state index in [9.17, 15) is 9.90 Å². The van der Waals surface area contributed by atoms with Gasteiger partial charge in [0.1, 0.15) is 15.9 Å². The van der Waals surface area contributed by atoms with Crippen molar-refractivity contribution >= 4 is 27.5 Å². The zero-order chi connectivity index (χ0) is 20.2. The molecule has 1 aliphatic heterocycles. The number of rotatable bonds is 6. The second kappa shape index (κ2) is 8.84. The van der Waals surface area contributed by atoms with Crippen LogP contribution in [0.15, 0.2) is 29.8 Å². The van der Waals surface area contributed by atoms with Gasteiger partial charge in [0.2, 0.25) is 5.88 Å². The number of piperidine rings is 1. The van der Waals surface area contributed by atoms with Gasteiger partial charge >= 0.3 is 0 Å². The summed E-state index contributed by atoms with van der Waals surface area (Å²) in [5, 5.41) is 12.1. The third-order valence-corrected chi connectivity index (χ3v) is 6.26. The summed E-state index contributed by atoms with van der Waals surface area (Å²) in [5.74, 6) is 0.767. The molecule has 3 aromatic heterocycles. The minimum Gasteiger partial charge on any atom is -0.492 e. The van der Waals surface area contributed by atoms with E-state index in [1.165, 1.54) is 11.3 Å². The maximum absolute atomic E-state index is 13.2. The molecule has 0 radical (unpaired) electrons. The van der Waals surface area contributed by atoms with E-state index in [-0.39, 0.29) is 11.8 Å². The van der Waals surface area contributed by atoms with Crippen LogP contribution >= 0.6 is 11.3 Å². The lowest BCUT2D eigenvalue weighted by Gasteiger charge is -2.31. The van der Waals surface area contributed by atoms with Crippen LogP contribution in [0.4, 0.5) is 0 Å². The lowest BCUT2D eigenvalue weighted by Crippen LogP contribution is -2.38. The topological polar surface area (TPSA) is 88.4 Å². The molecular weight excluding hydrogens is 388 g/mol. The number of nitrogens with zero attached hydrogens (tertiary/aromatic N) is 4. The summed E-state index contributed by atoms with van der Waals surface area (Å²) in [4.78, 5) is 28.0. The normalized spacial score (nSPS) is 15.1. The van der Waals surface area contributed by atoms with Gasteiger partial charge in [0, 0.05) is 37.9 Å². The third-order valence-electron chi connectivity index (χ3n) is 5.30. The van der Waals surface area contributed by atoms with Gasteiger partial charge in [-0.05, 0) is 44.2 Å². The summed E-state index contributed by atoms with van der Waals surface area (Å²) < 4.78 is 5.98. The second-order valence-electron chi connectivity index (χ2n) is 7.13. The van der Waals surface area contributed by atoms with Crippen LogP contribution in [0, 0.1) is 5.92 Å². The zero-order valence-corrected chi connectivity index (χ0v) is 17.2. The van der Waals surface area contributed by atoms with E-state index in [0.717, 1.165) is 45.6 Å². The van der Waals surface area contributed by atoms with Crippen molar-refractivity contribution < 1.29 is 14.6 Å². The van der Waals surface area contributed by atoms with Crippen molar-refractivity contribution in [3.8, 4) is 17.4 Å². The molecule has 0 aliphatic carbocycles. The Morgan fingerprint density at radius 2 is 2.14 bits per heavy atom. The molecule has 1 N–H and O–H groups in total. The predicted molar refractivity (Wildman–Crippen MR) is 112 cm³/mol. The van der Waals surface area contributed by atoms with Gasteiger partial charge < -0.3 is 14.7 Å². The molecule has 8 heteroatoms. The van der Waals surface area contributed by atoms with E-state index in [1.54, 1.807) is 23.7 Å². The predicted octanol–water partition coefficient (Wildman–Crippen LogP) is 3.74. The Hall–Kier alpha value is -2.58. The number of ether oxygens (including phenoxy) is 1.